The molecule has 2 aliphatic heterocycles. The molecule has 1 saturated carbocycles. The van der Waals surface area contributed by atoms with E-state index in [1.807, 2.05) is 24.3 Å². The SMILES string of the molecule is O=C(N[C@@H]1CC2(CCCCC2)Oc2ccccc21)c1ccc2c(c1)OCCO2. The molecule has 0 radical (unpaired) electrons. The number of ether oxygens (including phenoxy) is 3. The quantitative estimate of drug-likeness (QED) is 0.839. The van der Waals surface area contributed by atoms with Gasteiger partial charge in [0.05, 0.1) is 6.04 Å². The Morgan fingerprint density at radius 3 is 2.57 bits per heavy atom. The maximum absolute atomic E-state index is 13.0. The molecule has 0 unspecified atom stereocenters. The third-order valence-corrected chi connectivity index (χ3v) is 6.07. The average molecular weight is 379 g/mol. The lowest BCUT2D eigenvalue weighted by molar-refractivity contribution is -0.00210. The van der Waals surface area contributed by atoms with Gasteiger partial charge in [-0.3, -0.25) is 4.79 Å². The molecule has 1 fully saturated rings. The molecular formula is C23H25NO4. The van der Waals surface area contributed by atoms with Gasteiger partial charge in [-0.05, 0) is 49.9 Å². The fourth-order valence-corrected chi connectivity index (χ4v) is 4.68. The first-order chi connectivity index (χ1) is 13.7. The number of carbonyl (C=O) groups is 1. The first-order valence-electron chi connectivity index (χ1n) is 10.2. The van der Waals surface area contributed by atoms with Crippen LogP contribution in [0.25, 0.3) is 0 Å². The summed E-state index contributed by atoms with van der Waals surface area (Å²) in [7, 11) is 0. The molecular weight excluding hydrogens is 354 g/mol. The number of rotatable bonds is 2. The average Bonchev–Trinajstić information content (AvgIpc) is 2.74. The molecule has 0 aromatic heterocycles. The summed E-state index contributed by atoms with van der Waals surface area (Å²) < 4.78 is 17.6. The van der Waals surface area contributed by atoms with Crippen LogP contribution in [0, 0.1) is 0 Å². The van der Waals surface area contributed by atoms with Crippen LogP contribution in [-0.2, 0) is 0 Å². The van der Waals surface area contributed by atoms with E-state index in [4.69, 9.17) is 14.2 Å². The second kappa shape index (κ2) is 7.04. The van der Waals surface area contributed by atoms with Gasteiger partial charge in [0, 0.05) is 17.5 Å². The van der Waals surface area contributed by atoms with Crippen molar-refractivity contribution in [3.63, 3.8) is 0 Å². The highest BCUT2D eigenvalue weighted by Gasteiger charge is 2.42. The molecule has 5 nitrogen and oxygen atoms in total. The molecule has 0 saturated heterocycles. The number of carbonyl (C=O) groups excluding carboxylic acids is 1. The first kappa shape index (κ1) is 17.4. The molecule has 1 spiro atoms. The predicted molar refractivity (Wildman–Crippen MR) is 105 cm³/mol. The summed E-state index contributed by atoms with van der Waals surface area (Å²) in [5, 5.41) is 3.25. The number of hydrogen-bond acceptors (Lipinski definition) is 4. The van der Waals surface area contributed by atoms with Crippen molar-refractivity contribution in [2.45, 2.75) is 50.2 Å². The number of fused-ring (bicyclic) bond motifs is 2. The second-order valence-corrected chi connectivity index (χ2v) is 7.97. The van der Waals surface area contributed by atoms with Crippen molar-refractivity contribution < 1.29 is 19.0 Å². The van der Waals surface area contributed by atoms with Crippen LogP contribution < -0.4 is 19.5 Å². The monoisotopic (exact) mass is 379 g/mol. The maximum Gasteiger partial charge on any atom is 0.251 e. The summed E-state index contributed by atoms with van der Waals surface area (Å²) in [5.74, 6) is 2.14. The van der Waals surface area contributed by atoms with Crippen LogP contribution in [0.3, 0.4) is 0 Å². The number of benzene rings is 2. The molecule has 2 aromatic rings. The number of hydrogen-bond donors (Lipinski definition) is 1. The van der Waals surface area contributed by atoms with Crippen LogP contribution in [0.4, 0.5) is 0 Å². The Bertz CT molecular complexity index is 888. The molecule has 146 valence electrons. The lowest BCUT2D eigenvalue weighted by Gasteiger charge is -2.44. The number of para-hydroxylation sites is 1. The van der Waals surface area contributed by atoms with Crippen molar-refractivity contribution in [2.24, 2.45) is 0 Å². The van der Waals surface area contributed by atoms with Gasteiger partial charge in [-0.2, -0.15) is 0 Å². The van der Waals surface area contributed by atoms with E-state index in [2.05, 4.69) is 11.4 Å². The fraction of sp³-hybridized carbons (Fsp3) is 0.435. The van der Waals surface area contributed by atoms with Crippen LogP contribution in [0.2, 0.25) is 0 Å². The van der Waals surface area contributed by atoms with Crippen molar-refractivity contribution in [1.29, 1.82) is 0 Å². The van der Waals surface area contributed by atoms with Crippen molar-refractivity contribution in [3.8, 4) is 17.2 Å². The zero-order valence-corrected chi connectivity index (χ0v) is 15.9. The van der Waals surface area contributed by atoms with Gasteiger partial charge in [0.1, 0.15) is 24.6 Å². The van der Waals surface area contributed by atoms with E-state index >= 15 is 0 Å². The molecule has 5 rings (SSSR count). The van der Waals surface area contributed by atoms with Crippen molar-refractivity contribution in [3.05, 3.63) is 53.6 Å². The molecule has 2 heterocycles. The minimum atomic E-state index is -0.155. The van der Waals surface area contributed by atoms with E-state index in [0.29, 0.717) is 30.3 Å². The smallest absolute Gasteiger partial charge is 0.251 e. The summed E-state index contributed by atoms with van der Waals surface area (Å²) in [6.07, 6.45) is 6.56. The zero-order valence-electron chi connectivity index (χ0n) is 15.9. The summed E-state index contributed by atoms with van der Waals surface area (Å²) in [4.78, 5) is 13.0. The van der Waals surface area contributed by atoms with Crippen LogP contribution in [-0.4, -0.2) is 24.7 Å². The highest BCUT2D eigenvalue weighted by atomic mass is 16.6. The maximum atomic E-state index is 13.0. The molecule has 3 aliphatic rings. The van der Waals surface area contributed by atoms with Crippen molar-refractivity contribution in [2.75, 3.05) is 13.2 Å². The third kappa shape index (κ3) is 3.19. The molecule has 2 aromatic carbocycles. The molecule has 1 aliphatic carbocycles. The standard InChI is InChI=1S/C23H25NO4/c25-22(16-8-9-20-21(14-16)27-13-12-26-20)24-18-15-23(10-4-1-5-11-23)28-19-7-3-2-6-17(18)19/h2-3,6-9,14,18H,1,4-5,10-13,15H2,(H,24,25)/t18-/m1/s1. The summed E-state index contributed by atoms with van der Waals surface area (Å²) in [6.45, 7) is 1.05. The van der Waals surface area contributed by atoms with E-state index in [9.17, 15) is 4.79 Å². The van der Waals surface area contributed by atoms with E-state index in [-0.39, 0.29) is 17.6 Å². The highest BCUT2D eigenvalue weighted by molar-refractivity contribution is 5.95. The van der Waals surface area contributed by atoms with E-state index in [1.54, 1.807) is 12.1 Å². The fourth-order valence-electron chi connectivity index (χ4n) is 4.68. The van der Waals surface area contributed by atoms with Gasteiger partial charge in [0.2, 0.25) is 0 Å². The summed E-state index contributed by atoms with van der Waals surface area (Å²) in [6, 6.07) is 13.4. The van der Waals surface area contributed by atoms with Gasteiger partial charge in [-0.25, -0.2) is 0 Å². The van der Waals surface area contributed by atoms with Gasteiger partial charge in [0.15, 0.2) is 11.5 Å². The molecule has 0 bridgehead atoms. The Labute approximate surface area is 165 Å². The van der Waals surface area contributed by atoms with Crippen molar-refractivity contribution >= 4 is 5.91 Å². The lowest BCUT2D eigenvalue weighted by atomic mass is 9.77. The van der Waals surface area contributed by atoms with Gasteiger partial charge in [-0.1, -0.05) is 24.6 Å². The molecule has 1 amide bonds. The Morgan fingerprint density at radius 2 is 1.71 bits per heavy atom. The zero-order chi connectivity index (χ0) is 19.0. The van der Waals surface area contributed by atoms with Gasteiger partial charge in [0.25, 0.3) is 5.91 Å². The Kier molecular flexibility index (Phi) is 4.38. The van der Waals surface area contributed by atoms with Crippen LogP contribution in [0.15, 0.2) is 42.5 Å². The normalized spacial score (nSPS) is 22.1. The van der Waals surface area contributed by atoms with Crippen LogP contribution in [0.5, 0.6) is 17.2 Å². The van der Waals surface area contributed by atoms with Crippen LogP contribution in [0.1, 0.15) is 60.5 Å². The third-order valence-electron chi connectivity index (χ3n) is 6.07. The topological polar surface area (TPSA) is 56.8 Å². The lowest BCUT2D eigenvalue weighted by Crippen LogP contribution is -2.46. The largest absolute Gasteiger partial charge is 0.487 e. The first-order valence-corrected chi connectivity index (χ1v) is 10.2. The molecule has 5 heteroatoms. The Balaban J connectivity index is 1.41. The Morgan fingerprint density at radius 1 is 0.929 bits per heavy atom. The second-order valence-electron chi connectivity index (χ2n) is 7.97. The van der Waals surface area contributed by atoms with Gasteiger partial charge in [-0.15, -0.1) is 0 Å². The van der Waals surface area contributed by atoms with Gasteiger partial charge >= 0.3 is 0 Å². The number of nitrogens with one attached hydrogen (secondary N) is 1. The molecule has 1 atom stereocenters. The Hall–Kier alpha value is -2.69. The molecule has 1 N–H and O–H groups in total. The summed E-state index contributed by atoms with van der Waals surface area (Å²) >= 11 is 0. The summed E-state index contributed by atoms with van der Waals surface area (Å²) in [5.41, 5.74) is 1.49. The molecule has 28 heavy (non-hydrogen) atoms. The van der Waals surface area contributed by atoms with Gasteiger partial charge < -0.3 is 19.5 Å². The van der Waals surface area contributed by atoms with E-state index in [1.165, 1.54) is 19.3 Å². The minimum absolute atomic E-state index is 0.0521. The highest BCUT2D eigenvalue weighted by Crippen LogP contribution is 2.46. The minimum Gasteiger partial charge on any atom is -0.487 e. The van der Waals surface area contributed by atoms with Crippen molar-refractivity contribution in [1.82, 2.24) is 5.32 Å². The van der Waals surface area contributed by atoms with E-state index in [0.717, 1.165) is 30.6 Å². The van der Waals surface area contributed by atoms with Crippen LogP contribution >= 0.6 is 0 Å². The predicted octanol–water partition coefficient (Wildman–Crippen LogP) is 4.41. The van der Waals surface area contributed by atoms with E-state index < -0.39 is 0 Å². The number of amides is 1.